The SMILES string of the molecule is [CH2-]I.[CH3-].[W+2]. The zero-order chi connectivity index (χ0) is 2.00. The summed E-state index contributed by atoms with van der Waals surface area (Å²) in [6.07, 6.45) is 0. The fourth-order valence-electron chi connectivity index (χ4n) is 0. The predicted octanol–water partition coefficient (Wildman–Crippen LogP) is 1.66. The van der Waals surface area contributed by atoms with E-state index in [0.717, 1.165) is 0 Å². The molecule has 0 aromatic carbocycles. The Hall–Kier alpha value is 1.42. The quantitative estimate of drug-likeness (QED) is 0.465. The summed E-state index contributed by atoms with van der Waals surface area (Å²) in [7, 11) is 0. The molecule has 0 heterocycles. The third-order valence-corrected chi connectivity index (χ3v) is 0. The maximum atomic E-state index is 3.22. The van der Waals surface area contributed by atoms with Gasteiger partial charge in [-0.3, -0.25) is 4.93 Å². The maximum Gasteiger partial charge on any atom is 2.00 e. The van der Waals surface area contributed by atoms with Crippen molar-refractivity contribution in [2.24, 2.45) is 0 Å². The molecule has 0 aromatic rings. The summed E-state index contributed by atoms with van der Waals surface area (Å²) < 4.78 is 0. The molecule has 26 valence electrons. The van der Waals surface area contributed by atoms with Crippen LogP contribution in [0.25, 0.3) is 0 Å². The Morgan fingerprint density at radius 1 is 1.25 bits per heavy atom. The number of rotatable bonds is 0. The van der Waals surface area contributed by atoms with E-state index in [9.17, 15) is 0 Å². The van der Waals surface area contributed by atoms with E-state index in [0.29, 0.717) is 0 Å². The van der Waals surface area contributed by atoms with E-state index < -0.39 is 0 Å². The van der Waals surface area contributed by atoms with Crippen molar-refractivity contribution in [1.29, 1.82) is 0 Å². The van der Waals surface area contributed by atoms with Crippen LogP contribution in [-0.2, 0) is 21.1 Å². The monoisotopic (exact) mass is 340 g/mol. The minimum absolute atomic E-state index is 0. The van der Waals surface area contributed by atoms with Crippen LogP contribution in [0.1, 0.15) is 0 Å². The number of hydrogen-bond donors (Lipinski definition) is 0. The van der Waals surface area contributed by atoms with Crippen molar-refractivity contribution in [3.8, 4) is 0 Å². The molecular weight excluding hydrogens is 335 g/mol. The molecule has 0 aliphatic heterocycles. The van der Waals surface area contributed by atoms with E-state index in [1.54, 1.807) is 0 Å². The van der Waals surface area contributed by atoms with Crippen LogP contribution < -0.4 is 0 Å². The van der Waals surface area contributed by atoms with Crippen LogP contribution in [0.5, 0.6) is 0 Å². The van der Waals surface area contributed by atoms with E-state index in [1.165, 1.54) is 0 Å². The summed E-state index contributed by atoms with van der Waals surface area (Å²) in [4.78, 5) is 3.22. The maximum absolute atomic E-state index is 3.22. The molecule has 0 aliphatic carbocycles. The van der Waals surface area contributed by atoms with Crippen molar-refractivity contribution in [2.45, 2.75) is 0 Å². The van der Waals surface area contributed by atoms with Crippen molar-refractivity contribution >= 4 is 22.6 Å². The molecule has 0 fully saturated rings. The van der Waals surface area contributed by atoms with Gasteiger partial charge in [-0.05, 0) is 0 Å². The molecule has 0 nitrogen and oxygen atoms in total. The van der Waals surface area contributed by atoms with Crippen LogP contribution >= 0.6 is 22.6 Å². The van der Waals surface area contributed by atoms with Crippen LogP contribution in [0.4, 0.5) is 0 Å². The molecule has 2 heteroatoms. The van der Waals surface area contributed by atoms with E-state index in [1.807, 2.05) is 22.6 Å². The molecule has 0 N–H and O–H groups in total. The smallest absolute Gasteiger partial charge is 0.358 e. The number of halogens is 1. The third-order valence-electron chi connectivity index (χ3n) is 0. The van der Waals surface area contributed by atoms with E-state index in [2.05, 4.69) is 4.93 Å². The van der Waals surface area contributed by atoms with Gasteiger partial charge in [-0.2, -0.15) is 0 Å². The Morgan fingerprint density at radius 2 is 1.25 bits per heavy atom. The first-order valence-corrected chi connectivity index (χ1v) is 1.79. The van der Waals surface area contributed by atoms with Gasteiger partial charge in [0.1, 0.15) is 0 Å². The standard InChI is InChI=1S/CH2I.CH3.W/c1-2;;/h1H2;1H3;/q2*-1;+2. The summed E-state index contributed by atoms with van der Waals surface area (Å²) in [5.41, 5.74) is 0. The van der Waals surface area contributed by atoms with Crippen LogP contribution in [-0.4, -0.2) is 0 Å². The average Bonchev–Trinajstić information content (AvgIpc) is 1.00. The van der Waals surface area contributed by atoms with Crippen LogP contribution in [0.2, 0.25) is 0 Å². The fourth-order valence-corrected chi connectivity index (χ4v) is 0. The summed E-state index contributed by atoms with van der Waals surface area (Å²) in [6.45, 7) is 0. The molecule has 0 aliphatic rings. The van der Waals surface area contributed by atoms with E-state index in [-0.39, 0.29) is 28.5 Å². The Kier molecular flexibility index (Phi) is 116. The van der Waals surface area contributed by atoms with Gasteiger partial charge in [0.15, 0.2) is 0 Å². The first-order valence-electron chi connectivity index (χ1n) is 0.267. The zero-order valence-corrected chi connectivity index (χ0v) is 7.58. The summed E-state index contributed by atoms with van der Waals surface area (Å²) in [6, 6.07) is 0. The van der Waals surface area contributed by atoms with Crippen molar-refractivity contribution in [3.63, 3.8) is 0 Å². The molecule has 0 amide bonds. The van der Waals surface area contributed by atoms with Crippen LogP contribution in [0, 0.1) is 12.4 Å². The number of hydrogen-bond acceptors (Lipinski definition) is 0. The van der Waals surface area contributed by atoms with Crippen molar-refractivity contribution < 1.29 is 21.1 Å². The molecular formula is C2H5IW. The molecule has 0 unspecified atom stereocenters. The van der Waals surface area contributed by atoms with E-state index in [4.69, 9.17) is 0 Å². The van der Waals surface area contributed by atoms with Gasteiger partial charge in [-0.25, -0.2) is 0 Å². The Bertz CT molecular complexity index is 6.00. The van der Waals surface area contributed by atoms with Gasteiger partial charge in [0, 0.05) is 0 Å². The van der Waals surface area contributed by atoms with Crippen molar-refractivity contribution in [3.05, 3.63) is 12.4 Å². The normalized spacial score (nSPS) is 1.50. The third kappa shape index (κ3) is 9.94. The molecule has 0 bridgehead atoms. The van der Waals surface area contributed by atoms with Gasteiger partial charge in [0.05, 0.1) is 0 Å². The van der Waals surface area contributed by atoms with Crippen LogP contribution in [0.3, 0.4) is 0 Å². The van der Waals surface area contributed by atoms with Gasteiger partial charge in [-0.1, -0.05) is 0 Å². The topological polar surface area (TPSA) is 0 Å². The van der Waals surface area contributed by atoms with Gasteiger partial charge >= 0.3 is 21.1 Å². The van der Waals surface area contributed by atoms with Crippen molar-refractivity contribution in [1.82, 2.24) is 0 Å². The Balaban J connectivity index is -0.00000000500. The van der Waals surface area contributed by atoms with Gasteiger partial charge in [0.2, 0.25) is 0 Å². The van der Waals surface area contributed by atoms with Gasteiger partial charge in [0.25, 0.3) is 0 Å². The molecule has 0 atom stereocenters. The van der Waals surface area contributed by atoms with Crippen molar-refractivity contribution in [2.75, 3.05) is 0 Å². The Morgan fingerprint density at radius 3 is 1.25 bits per heavy atom. The molecule has 0 rings (SSSR count). The second-order valence-corrected chi connectivity index (χ2v) is 0. The molecule has 4 heavy (non-hydrogen) atoms. The zero-order valence-electron chi connectivity index (χ0n) is 2.49. The molecule has 0 spiro atoms. The largest absolute Gasteiger partial charge is 2.00 e. The summed E-state index contributed by atoms with van der Waals surface area (Å²) in [5.74, 6) is 0. The predicted molar refractivity (Wildman–Crippen MR) is 25.8 cm³/mol. The first-order chi connectivity index (χ1) is 1.00. The molecule has 0 saturated heterocycles. The second-order valence-electron chi connectivity index (χ2n) is 0. The minimum atomic E-state index is 0. The average molecular weight is 340 g/mol. The summed E-state index contributed by atoms with van der Waals surface area (Å²) >= 11 is 1.90. The van der Waals surface area contributed by atoms with E-state index >= 15 is 0 Å². The second kappa shape index (κ2) is 25.7. The Labute approximate surface area is 55.8 Å². The summed E-state index contributed by atoms with van der Waals surface area (Å²) in [5, 5.41) is 0. The molecule has 0 saturated carbocycles. The van der Waals surface area contributed by atoms with Gasteiger partial charge in [-0.15, -0.1) is 0 Å². The molecule has 0 aromatic heterocycles. The van der Waals surface area contributed by atoms with Gasteiger partial charge < -0.3 is 30.0 Å². The van der Waals surface area contributed by atoms with Crippen LogP contribution in [0.15, 0.2) is 0 Å². The first kappa shape index (κ1) is 18.1. The fraction of sp³-hybridized carbons (Fsp3) is 0. The molecule has 0 radical (unpaired) electrons. The minimum Gasteiger partial charge on any atom is -0.358 e.